The Morgan fingerprint density at radius 3 is 2.06 bits per heavy atom. The van der Waals surface area contributed by atoms with E-state index in [4.69, 9.17) is 0 Å². The number of alkyl halides is 3. The van der Waals surface area contributed by atoms with Crippen LogP contribution in [0.1, 0.15) is 36.8 Å². The molecule has 18 heavy (non-hydrogen) atoms. The molecule has 1 aliphatic rings. The largest absolute Gasteiger partial charge is 0.391 e. The minimum atomic E-state index is -4.13. The molecule has 0 spiro atoms. The normalized spacial score (nSPS) is 29.3. The van der Waals surface area contributed by atoms with Crippen molar-refractivity contribution in [1.29, 1.82) is 0 Å². The fraction of sp³-hybridized carbons (Fsp3) is 0.571. The lowest BCUT2D eigenvalue weighted by Crippen LogP contribution is -2.36. The topological polar surface area (TPSA) is 20.2 Å². The van der Waals surface area contributed by atoms with Crippen LogP contribution < -0.4 is 0 Å². The Morgan fingerprint density at radius 2 is 1.61 bits per heavy atom. The van der Waals surface area contributed by atoms with Gasteiger partial charge in [0.05, 0.1) is 11.5 Å². The van der Waals surface area contributed by atoms with Crippen molar-refractivity contribution < 1.29 is 18.3 Å². The Labute approximate surface area is 105 Å². The first-order valence-electron chi connectivity index (χ1n) is 6.17. The highest BCUT2D eigenvalue weighted by atomic mass is 19.4. The van der Waals surface area contributed by atoms with E-state index in [1.165, 1.54) is 0 Å². The standard InChI is InChI=1S/C14H17F3O/c1-10-2-4-11(5-3-10)13(18)8-6-12(7-9-13)14(15,16)17/h2-5,12,18H,6-9H2,1H3. The van der Waals surface area contributed by atoms with E-state index in [9.17, 15) is 18.3 Å². The van der Waals surface area contributed by atoms with E-state index in [-0.39, 0.29) is 25.7 Å². The van der Waals surface area contributed by atoms with Crippen molar-refractivity contribution in [3.05, 3.63) is 35.4 Å². The monoisotopic (exact) mass is 258 g/mol. The van der Waals surface area contributed by atoms with E-state index in [1.807, 2.05) is 31.2 Å². The summed E-state index contributed by atoms with van der Waals surface area (Å²) >= 11 is 0. The SMILES string of the molecule is Cc1ccc(C2(O)CCC(C(F)(F)F)CC2)cc1. The van der Waals surface area contributed by atoms with Crippen LogP contribution in [0.2, 0.25) is 0 Å². The van der Waals surface area contributed by atoms with Crippen molar-refractivity contribution in [3.63, 3.8) is 0 Å². The summed E-state index contributed by atoms with van der Waals surface area (Å²) in [4.78, 5) is 0. The summed E-state index contributed by atoms with van der Waals surface area (Å²) in [6.45, 7) is 1.94. The Kier molecular flexibility index (Phi) is 3.41. The zero-order valence-electron chi connectivity index (χ0n) is 10.3. The van der Waals surface area contributed by atoms with Gasteiger partial charge in [-0.05, 0) is 38.2 Å². The van der Waals surface area contributed by atoms with Gasteiger partial charge in [-0.2, -0.15) is 13.2 Å². The van der Waals surface area contributed by atoms with Crippen molar-refractivity contribution in [3.8, 4) is 0 Å². The van der Waals surface area contributed by atoms with E-state index < -0.39 is 17.7 Å². The highest BCUT2D eigenvalue weighted by Crippen LogP contribution is 2.45. The van der Waals surface area contributed by atoms with Gasteiger partial charge in [-0.3, -0.25) is 0 Å². The predicted molar refractivity (Wildman–Crippen MR) is 63.1 cm³/mol. The molecule has 1 aromatic rings. The van der Waals surface area contributed by atoms with Crippen molar-refractivity contribution in [2.75, 3.05) is 0 Å². The summed E-state index contributed by atoms with van der Waals surface area (Å²) in [5, 5.41) is 10.4. The summed E-state index contributed by atoms with van der Waals surface area (Å²) in [6.07, 6.45) is -3.75. The van der Waals surface area contributed by atoms with Crippen LogP contribution in [0.5, 0.6) is 0 Å². The third-order valence-electron chi connectivity index (χ3n) is 3.86. The molecular formula is C14H17F3O. The molecule has 0 radical (unpaired) electrons. The van der Waals surface area contributed by atoms with Crippen LogP contribution in [0.4, 0.5) is 13.2 Å². The Balaban J connectivity index is 2.10. The summed E-state index contributed by atoms with van der Waals surface area (Å²) in [6, 6.07) is 7.37. The fourth-order valence-electron chi connectivity index (χ4n) is 2.58. The zero-order valence-corrected chi connectivity index (χ0v) is 10.3. The van der Waals surface area contributed by atoms with Crippen LogP contribution in [-0.4, -0.2) is 11.3 Å². The van der Waals surface area contributed by atoms with Crippen molar-refractivity contribution in [2.24, 2.45) is 5.92 Å². The fourth-order valence-corrected chi connectivity index (χ4v) is 2.58. The van der Waals surface area contributed by atoms with Crippen LogP contribution in [0, 0.1) is 12.8 Å². The first-order valence-corrected chi connectivity index (χ1v) is 6.17. The number of hydrogen-bond donors (Lipinski definition) is 1. The third-order valence-corrected chi connectivity index (χ3v) is 3.86. The lowest BCUT2D eigenvalue weighted by atomic mass is 9.75. The minimum Gasteiger partial charge on any atom is -0.385 e. The average molecular weight is 258 g/mol. The van der Waals surface area contributed by atoms with Gasteiger partial charge in [0.25, 0.3) is 0 Å². The van der Waals surface area contributed by atoms with Gasteiger partial charge in [0, 0.05) is 0 Å². The highest BCUT2D eigenvalue weighted by Gasteiger charge is 2.45. The first-order chi connectivity index (χ1) is 8.31. The molecule has 0 aliphatic heterocycles. The summed E-state index contributed by atoms with van der Waals surface area (Å²) in [5.74, 6) is -1.26. The molecule has 100 valence electrons. The number of rotatable bonds is 1. The molecule has 0 saturated heterocycles. The van der Waals surface area contributed by atoms with Crippen LogP contribution in [0.25, 0.3) is 0 Å². The molecule has 1 fully saturated rings. The second kappa shape index (κ2) is 4.57. The van der Waals surface area contributed by atoms with Gasteiger partial charge in [-0.1, -0.05) is 29.8 Å². The maximum Gasteiger partial charge on any atom is 0.391 e. The predicted octanol–water partition coefficient (Wildman–Crippen LogP) is 3.94. The average Bonchev–Trinajstić information content (AvgIpc) is 2.29. The Morgan fingerprint density at radius 1 is 1.11 bits per heavy atom. The van der Waals surface area contributed by atoms with Gasteiger partial charge in [0.1, 0.15) is 0 Å². The molecule has 0 aromatic heterocycles. The number of halogens is 3. The van der Waals surface area contributed by atoms with Crippen molar-refractivity contribution in [1.82, 2.24) is 0 Å². The molecule has 1 N–H and O–H groups in total. The maximum atomic E-state index is 12.6. The summed E-state index contributed by atoms with van der Waals surface area (Å²) in [5.41, 5.74) is 0.718. The third kappa shape index (κ3) is 2.69. The van der Waals surface area contributed by atoms with Crippen LogP contribution >= 0.6 is 0 Å². The quantitative estimate of drug-likeness (QED) is 0.809. The molecule has 0 heterocycles. The van der Waals surface area contributed by atoms with Gasteiger partial charge in [0.2, 0.25) is 0 Å². The van der Waals surface area contributed by atoms with Gasteiger partial charge in [0.15, 0.2) is 0 Å². The molecule has 0 atom stereocenters. The van der Waals surface area contributed by atoms with Gasteiger partial charge < -0.3 is 5.11 Å². The molecule has 0 amide bonds. The van der Waals surface area contributed by atoms with Gasteiger partial charge in [-0.15, -0.1) is 0 Å². The van der Waals surface area contributed by atoms with Crippen LogP contribution in [0.15, 0.2) is 24.3 Å². The molecule has 1 nitrogen and oxygen atoms in total. The second-order valence-corrected chi connectivity index (χ2v) is 5.21. The molecular weight excluding hydrogens is 241 g/mol. The number of hydrogen-bond acceptors (Lipinski definition) is 1. The summed E-state index contributed by atoms with van der Waals surface area (Å²) < 4.78 is 37.7. The molecule has 4 heteroatoms. The van der Waals surface area contributed by atoms with Crippen LogP contribution in [0.3, 0.4) is 0 Å². The summed E-state index contributed by atoms with van der Waals surface area (Å²) in [7, 11) is 0. The molecule has 0 unspecified atom stereocenters. The Bertz CT molecular complexity index is 400. The van der Waals surface area contributed by atoms with Crippen LogP contribution in [-0.2, 0) is 5.60 Å². The number of aliphatic hydroxyl groups is 1. The molecule has 1 aromatic carbocycles. The lowest BCUT2D eigenvalue weighted by Gasteiger charge is -2.37. The van der Waals surface area contributed by atoms with E-state index >= 15 is 0 Å². The highest BCUT2D eigenvalue weighted by molar-refractivity contribution is 5.27. The first kappa shape index (κ1) is 13.4. The molecule has 2 rings (SSSR count). The van der Waals surface area contributed by atoms with E-state index in [0.717, 1.165) is 11.1 Å². The van der Waals surface area contributed by atoms with Crippen molar-refractivity contribution >= 4 is 0 Å². The Hall–Kier alpha value is -1.03. The molecule has 1 aliphatic carbocycles. The number of aryl methyl sites for hydroxylation is 1. The van der Waals surface area contributed by atoms with Gasteiger partial charge in [-0.25, -0.2) is 0 Å². The zero-order chi connectivity index (χ0) is 13.4. The van der Waals surface area contributed by atoms with Gasteiger partial charge >= 0.3 is 6.18 Å². The number of benzene rings is 1. The lowest BCUT2D eigenvalue weighted by molar-refractivity contribution is -0.193. The second-order valence-electron chi connectivity index (χ2n) is 5.21. The van der Waals surface area contributed by atoms with E-state index in [1.54, 1.807) is 0 Å². The minimum absolute atomic E-state index is 0.00781. The van der Waals surface area contributed by atoms with E-state index in [0.29, 0.717) is 0 Å². The smallest absolute Gasteiger partial charge is 0.385 e. The molecule has 1 saturated carbocycles. The maximum absolute atomic E-state index is 12.6. The van der Waals surface area contributed by atoms with Crippen molar-refractivity contribution in [2.45, 2.75) is 44.4 Å². The molecule has 0 bridgehead atoms. The van der Waals surface area contributed by atoms with E-state index in [2.05, 4.69) is 0 Å².